The van der Waals surface area contributed by atoms with Gasteiger partial charge in [0.2, 0.25) is 0 Å². The zero-order chi connectivity index (χ0) is 19.5. The third-order valence-corrected chi connectivity index (χ3v) is 5.71. The highest BCUT2D eigenvalue weighted by Gasteiger charge is 3.08. The van der Waals surface area contributed by atoms with Gasteiger partial charge in [-0.1, -0.05) is 77.6 Å². The van der Waals surface area contributed by atoms with Crippen molar-refractivity contribution in [1.29, 1.82) is 0 Å². The maximum atomic E-state index is 11.4. The molecule has 0 amide bonds. The Hall–Kier alpha value is -1.18. The number of ether oxygens (including phenoxy) is 4. The van der Waals surface area contributed by atoms with E-state index >= 15 is 0 Å². The molecular formula is C20H32O7. The highest BCUT2D eigenvalue weighted by molar-refractivity contribution is 5.85. The molecule has 4 atom stereocenters. The van der Waals surface area contributed by atoms with Crippen molar-refractivity contribution >= 4 is 11.9 Å². The fourth-order valence-corrected chi connectivity index (χ4v) is 4.07. The van der Waals surface area contributed by atoms with E-state index < -0.39 is 29.3 Å². The zero-order valence-electron chi connectivity index (χ0n) is 16.5. The molecule has 7 nitrogen and oxygen atoms in total. The van der Waals surface area contributed by atoms with Crippen LogP contribution >= 0.6 is 0 Å². The Bertz CT molecular complexity index is 565. The van der Waals surface area contributed by atoms with Gasteiger partial charge in [0.05, 0.1) is 0 Å². The molecule has 3 heterocycles. The summed E-state index contributed by atoms with van der Waals surface area (Å²) in [6.45, 7) is 3.38. The first kappa shape index (κ1) is 20.6. The summed E-state index contributed by atoms with van der Waals surface area (Å²) in [6, 6.07) is 0. The van der Waals surface area contributed by atoms with Crippen LogP contribution in [0.2, 0.25) is 0 Å². The van der Waals surface area contributed by atoms with Crippen LogP contribution in [0, 0.1) is 0 Å². The predicted molar refractivity (Wildman–Crippen MR) is 95.7 cm³/mol. The molecule has 0 bridgehead atoms. The third-order valence-electron chi connectivity index (χ3n) is 5.71. The number of carboxylic acid groups (broad SMARTS) is 1. The van der Waals surface area contributed by atoms with Crippen LogP contribution in [0.1, 0.15) is 90.9 Å². The Kier molecular flexibility index (Phi) is 6.13. The van der Waals surface area contributed by atoms with Gasteiger partial charge in [-0.3, -0.25) is 14.3 Å². The number of unbranched alkanes of at least 4 members (excludes halogenated alkanes) is 10. The molecule has 0 saturated carbocycles. The summed E-state index contributed by atoms with van der Waals surface area (Å²) in [5.74, 6) is -6.56. The minimum Gasteiger partial charge on any atom is -0.476 e. The number of hydrogen-bond donors (Lipinski definition) is 1. The van der Waals surface area contributed by atoms with Crippen LogP contribution in [0.3, 0.4) is 0 Å². The highest BCUT2D eigenvalue weighted by atomic mass is 17.1. The van der Waals surface area contributed by atoms with Gasteiger partial charge in [0.25, 0.3) is 5.79 Å². The monoisotopic (exact) mass is 384 g/mol. The van der Waals surface area contributed by atoms with Gasteiger partial charge in [-0.05, 0) is 6.42 Å². The zero-order valence-corrected chi connectivity index (χ0v) is 16.5. The average Bonchev–Trinajstić information content (AvgIpc) is 3.54. The number of fused-ring (bicyclic) bond motifs is 1. The number of esters is 1. The van der Waals surface area contributed by atoms with Crippen LogP contribution in [-0.2, 0) is 28.5 Å². The molecule has 0 aliphatic carbocycles. The molecule has 0 aromatic heterocycles. The highest BCUT2D eigenvalue weighted by Crippen LogP contribution is 2.78. The predicted octanol–water partition coefficient (Wildman–Crippen LogP) is 3.88. The normalized spacial score (nSPS) is 35.4. The first-order chi connectivity index (χ1) is 12.9. The molecule has 2 spiro atoms. The number of rotatable bonds is 14. The van der Waals surface area contributed by atoms with Gasteiger partial charge >= 0.3 is 23.5 Å². The van der Waals surface area contributed by atoms with Crippen molar-refractivity contribution in [2.75, 3.05) is 0 Å². The van der Waals surface area contributed by atoms with Crippen LogP contribution in [0.15, 0.2) is 0 Å². The lowest BCUT2D eigenvalue weighted by Crippen LogP contribution is -2.35. The van der Waals surface area contributed by atoms with E-state index in [0.29, 0.717) is 0 Å². The molecule has 7 heteroatoms. The van der Waals surface area contributed by atoms with Crippen molar-refractivity contribution in [2.24, 2.45) is 0 Å². The largest absolute Gasteiger partial charge is 0.476 e. The summed E-state index contributed by atoms with van der Waals surface area (Å²) in [5.41, 5.74) is 0. The van der Waals surface area contributed by atoms with Gasteiger partial charge in [0.1, 0.15) is 6.10 Å². The van der Waals surface area contributed by atoms with Gasteiger partial charge in [0.15, 0.2) is 0 Å². The molecule has 4 unspecified atom stereocenters. The van der Waals surface area contributed by atoms with Crippen LogP contribution < -0.4 is 0 Å². The van der Waals surface area contributed by atoms with Crippen molar-refractivity contribution < 1.29 is 33.6 Å². The van der Waals surface area contributed by atoms with Gasteiger partial charge in [-0.2, -0.15) is 0 Å². The SMILES string of the molecule is CCCCCCCCCCCCCC1OC12OC21OC1(OC(C)=O)C(=O)O. The number of carboxylic acids is 1. The first-order valence-corrected chi connectivity index (χ1v) is 10.5. The molecule has 27 heavy (non-hydrogen) atoms. The topological polar surface area (TPSA) is 101 Å². The second-order valence-corrected chi connectivity index (χ2v) is 7.93. The number of carbonyl (C=O) groups is 2. The van der Waals surface area contributed by atoms with E-state index in [4.69, 9.17) is 18.9 Å². The van der Waals surface area contributed by atoms with Gasteiger partial charge in [-0.25, -0.2) is 4.79 Å². The van der Waals surface area contributed by atoms with E-state index in [0.717, 1.165) is 26.2 Å². The smallest absolute Gasteiger partial charge is 0.383 e. The van der Waals surface area contributed by atoms with Crippen molar-refractivity contribution in [2.45, 2.75) is 114 Å². The Morgan fingerprint density at radius 1 is 0.926 bits per heavy atom. The lowest BCUT2D eigenvalue weighted by atomic mass is 10.0. The minimum absolute atomic E-state index is 0.173. The molecule has 154 valence electrons. The third kappa shape index (κ3) is 3.87. The summed E-state index contributed by atoms with van der Waals surface area (Å²) < 4.78 is 21.1. The van der Waals surface area contributed by atoms with Crippen molar-refractivity contribution in [3.8, 4) is 0 Å². The summed E-state index contributed by atoms with van der Waals surface area (Å²) in [6.07, 6.45) is 14.6. The second-order valence-electron chi connectivity index (χ2n) is 7.93. The van der Waals surface area contributed by atoms with E-state index in [2.05, 4.69) is 6.92 Å². The Labute approximate surface area is 160 Å². The number of carbonyl (C=O) groups excluding carboxylic acids is 1. The van der Waals surface area contributed by atoms with Crippen molar-refractivity contribution in [3.05, 3.63) is 0 Å². The fraction of sp³-hybridized carbons (Fsp3) is 0.900. The van der Waals surface area contributed by atoms with E-state index in [-0.39, 0.29) is 6.10 Å². The van der Waals surface area contributed by atoms with Crippen molar-refractivity contribution in [3.63, 3.8) is 0 Å². The lowest BCUT2D eigenvalue weighted by molar-refractivity contribution is -0.176. The van der Waals surface area contributed by atoms with E-state index in [9.17, 15) is 14.7 Å². The molecular weight excluding hydrogens is 352 g/mol. The molecule has 0 aromatic carbocycles. The van der Waals surface area contributed by atoms with Crippen LogP contribution in [0.4, 0.5) is 0 Å². The van der Waals surface area contributed by atoms with Gasteiger partial charge in [-0.15, -0.1) is 0 Å². The molecule has 0 aromatic rings. The molecule has 3 rings (SSSR count). The number of hydrogen-bond acceptors (Lipinski definition) is 6. The number of aliphatic carboxylic acids is 1. The minimum atomic E-state index is -2.04. The van der Waals surface area contributed by atoms with E-state index in [1.54, 1.807) is 0 Å². The quantitative estimate of drug-likeness (QED) is 0.275. The summed E-state index contributed by atoms with van der Waals surface area (Å²) in [4.78, 5) is 22.6. The number of epoxide rings is 3. The lowest BCUT2D eigenvalue weighted by Gasteiger charge is -2.04. The van der Waals surface area contributed by atoms with Gasteiger partial charge < -0.3 is 14.6 Å². The summed E-state index contributed by atoms with van der Waals surface area (Å²) >= 11 is 0. The maximum Gasteiger partial charge on any atom is 0.383 e. The van der Waals surface area contributed by atoms with E-state index in [1.165, 1.54) is 57.8 Å². The fourth-order valence-electron chi connectivity index (χ4n) is 4.07. The molecule has 3 fully saturated rings. The Morgan fingerprint density at radius 2 is 1.48 bits per heavy atom. The molecule has 0 radical (unpaired) electrons. The van der Waals surface area contributed by atoms with E-state index in [1.807, 2.05) is 0 Å². The summed E-state index contributed by atoms with van der Waals surface area (Å²) in [7, 11) is 0. The second kappa shape index (κ2) is 8.05. The molecule has 3 saturated heterocycles. The first-order valence-electron chi connectivity index (χ1n) is 10.5. The molecule has 3 aliphatic heterocycles. The maximum absolute atomic E-state index is 11.4. The summed E-state index contributed by atoms with van der Waals surface area (Å²) in [5, 5.41) is 9.31. The van der Waals surface area contributed by atoms with Crippen LogP contribution in [0.25, 0.3) is 0 Å². The Morgan fingerprint density at radius 3 is 2.00 bits per heavy atom. The van der Waals surface area contributed by atoms with Crippen LogP contribution in [-0.4, -0.2) is 40.5 Å². The average molecular weight is 384 g/mol. The standard InChI is InChI=1S/C20H32O7/c1-3-4-5-6-7-8-9-10-11-12-13-14-16-18(25-16)20(26-18)19(27-20,17(22)23)24-15(2)21/h16H,3-14H2,1-2H3,(H,22,23). The molecule has 3 aliphatic rings. The van der Waals surface area contributed by atoms with Crippen LogP contribution in [0.5, 0.6) is 0 Å². The van der Waals surface area contributed by atoms with Crippen molar-refractivity contribution in [1.82, 2.24) is 0 Å². The van der Waals surface area contributed by atoms with Gasteiger partial charge in [0, 0.05) is 6.92 Å². The molecule has 1 N–H and O–H groups in total. The Balaban J connectivity index is 1.24.